The highest BCUT2D eigenvalue weighted by Gasteiger charge is 2.29. The third-order valence-corrected chi connectivity index (χ3v) is 4.07. The number of para-hydroxylation sites is 2. The summed E-state index contributed by atoms with van der Waals surface area (Å²) < 4.78 is 0. The Labute approximate surface area is 122 Å². The number of hydrogen-bond acceptors (Lipinski definition) is 3. The van der Waals surface area contributed by atoms with Crippen LogP contribution in [0.5, 0.6) is 0 Å². The summed E-state index contributed by atoms with van der Waals surface area (Å²) >= 11 is 0. The maximum Gasteiger partial charge on any atom is 0.241 e. The van der Waals surface area contributed by atoms with Gasteiger partial charge in [-0.05, 0) is 38.4 Å². The number of amides is 1. The Bertz CT molecular complexity index is 465. The molecule has 0 aliphatic heterocycles. The first-order chi connectivity index (χ1) is 9.14. The van der Waals surface area contributed by atoms with Crippen LogP contribution < -0.4 is 11.1 Å². The summed E-state index contributed by atoms with van der Waals surface area (Å²) in [6.07, 6.45) is 0. The van der Waals surface area contributed by atoms with Crippen LogP contribution in [0.3, 0.4) is 0 Å². The summed E-state index contributed by atoms with van der Waals surface area (Å²) in [6, 6.07) is 7.37. The second-order valence-corrected chi connectivity index (χ2v) is 6.46. The average Bonchev–Trinajstić information content (AvgIpc) is 2.37. The van der Waals surface area contributed by atoms with Crippen molar-refractivity contribution < 1.29 is 4.79 Å². The maximum absolute atomic E-state index is 12.3. The molecule has 1 aromatic rings. The smallest absolute Gasteiger partial charge is 0.241 e. The van der Waals surface area contributed by atoms with Gasteiger partial charge in [0.1, 0.15) is 0 Å². The Morgan fingerprint density at radius 2 is 1.80 bits per heavy atom. The summed E-state index contributed by atoms with van der Waals surface area (Å²) in [5, 5.41) is 2.89. The first kappa shape index (κ1) is 16.5. The van der Waals surface area contributed by atoms with Gasteiger partial charge in [0, 0.05) is 6.04 Å². The number of nitrogens with one attached hydrogen (secondary N) is 1. The van der Waals surface area contributed by atoms with Crippen LogP contribution in [0.2, 0.25) is 0 Å². The molecule has 112 valence electrons. The summed E-state index contributed by atoms with van der Waals surface area (Å²) in [4.78, 5) is 14.4. The van der Waals surface area contributed by atoms with E-state index in [0.29, 0.717) is 11.4 Å². The molecule has 0 radical (unpaired) electrons. The number of benzene rings is 1. The fraction of sp³-hybridized carbons (Fsp3) is 0.562. The minimum Gasteiger partial charge on any atom is -0.397 e. The van der Waals surface area contributed by atoms with Crippen LogP contribution in [-0.4, -0.2) is 29.9 Å². The molecule has 0 saturated carbocycles. The van der Waals surface area contributed by atoms with Crippen LogP contribution in [0.1, 0.15) is 34.6 Å². The molecule has 2 atom stereocenters. The number of carbonyl (C=O) groups excluding carboxylic acids is 1. The third kappa shape index (κ3) is 3.97. The molecule has 0 aliphatic rings. The van der Waals surface area contributed by atoms with Crippen LogP contribution in [0.15, 0.2) is 24.3 Å². The highest BCUT2D eigenvalue weighted by molar-refractivity contribution is 5.97. The largest absolute Gasteiger partial charge is 0.397 e. The van der Waals surface area contributed by atoms with Crippen molar-refractivity contribution in [3.63, 3.8) is 0 Å². The van der Waals surface area contributed by atoms with Crippen molar-refractivity contribution in [1.29, 1.82) is 0 Å². The Kier molecular flexibility index (Phi) is 5.17. The topological polar surface area (TPSA) is 58.4 Å². The van der Waals surface area contributed by atoms with E-state index in [1.54, 1.807) is 6.07 Å². The normalized spacial score (nSPS) is 14.9. The van der Waals surface area contributed by atoms with Crippen molar-refractivity contribution >= 4 is 17.3 Å². The molecule has 0 bridgehead atoms. The first-order valence-corrected chi connectivity index (χ1v) is 7.02. The molecule has 0 fully saturated rings. The first-order valence-electron chi connectivity index (χ1n) is 7.02. The number of nitrogen functional groups attached to an aromatic ring is 1. The van der Waals surface area contributed by atoms with Gasteiger partial charge in [-0.15, -0.1) is 0 Å². The number of hydrogen-bond donors (Lipinski definition) is 2. The van der Waals surface area contributed by atoms with E-state index < -0.39 is 0 Å². The lowest BCUT2D eigenvalue weighted by molar-refractivity contribution is -0.121. The zero-order valence-electron chi connectivity index (χ0n) is 13.4. The third-order valence-electron chi connectivity index (χ3n) is 4.07. The Morgan fingerprint density at radius 1 is 1.25 bits per heavy atom. The van der Waals surface area contributed by atoms with Gasteiger partial charge in [0.25, 0.3) is 0 Å². The van der Waals surface area contributed by atoms with E-state index in [4.69, 9.17) is 5.73 Å². The number of rotatable bonds is 4. The number of anilines is 2. The summed E-state index contributed by atoms with van der Waals surface area (Å²) in [5.41, 5.74) is 7.22. The molecule has 1 amide bonds. The average molecular weight is 277 g/mol. The molecule has 4 heteroatoms. The molecule has 0 spiro atoms. The highest BCUT2D eigenvalue weighted by Crippen LogP contribution is 2.25. The zero-order valence-corrected chi connectivity index (χ0v) is 13.4. The van der Waals surface area contributed by atoms with Gasteiger partial charge >= 0.3 is 0 Å². The molecule has 2 unspecified atom stereocenters. The Morgan fingerprint density at radius 3 is 2.30 bits per heavy atom. The van der Waals surface area contributed by atoms with Gasteiger partial charge < -0.3 is 11.1 Å². The molecule has 3 N–H and O–H groups in total. The van der Waals surface area contributed by atoms with Crippen LogP contribution in [0.25, 0.3) is 0 Å². The SMILES string of the molecule is CC(C(=O)Nc1ccccc1N)N(C)C(C)C(C)(C)C. The molecule has 0 heterocycles. The van der Waals surface area contributed by atoms with Gasteiger partial charge in [-0.1, -0.05) is 32.9 Å². The molecule has 4 nitrogen and oxygen atoms in total. The number of carbonyl (C=O) groups is 1. The van der Waals surface area contributed by atoms with E-state index in [1.165, 1.54) is 0 Å². The van der Waals surface area contributed by atoms with E-state index in [1.807, 2.05) is 32.2 Å². The van der Waals surface area contributed by atoms with E-state index >= 15 is 0 Å². The fourth-order valence-electron chi connectivity index (χ4n) is 1.98. The van der Waals surface area contributed by atoms with E-state index in [9.17, 15) is 4.79 Å². The second-order valence-electron chi connectivity index (χ2n) is 6.46. The Balaban J connectivity index is 2.75. The molecule has 1 rings (SSSR count). The van der Waals surface area contributed by atoms with Crippen molar-refractivity contribution in [2.45, 2.75) is 46.7 Å². The monoisotopic (exact) mass is 277 g/mol. The highest BCUT2D eigenvalue weighted by atomic mass is 16.2. The van der Waals surface area contributed by atoms with Gasteiger partial charge in [-0.2, -0.15) is 0 Å². The molecule has 1 aromatic carbocycles. The van der Waals surface area contributed by atoms with Crippen molar-refractivity contribution in [2.24, 2.45) is 5.41 Å². The number of nitrogens with two attached hydrogens (primary N) is 1. The van der Waals surface area contributed by atoms with Gasteiger partial charge in [0.15, 0.2) is 0 Å². The van der Waals surface area contributed by atoms with E-state index in [-0.39, 0.29) is 23.4 Å². The standard InChI is InChI=1S/C16H27N3O/c1-11(19(6)12(2)16(3,4)5)15(20)18-14-10-8-7-9-13(14)17/h7-12H,17H2,1-6H3,(H,18,20). The molecular formula is C16H27N3O. The molecule has 0 aromatic heterocycles. The van der Waals surface area contributed by atoms with Crippen LogP contribution >= 0.6 is 0 Å². The number of nitrogens with zero attached hydrogens (tertiary/aromatic N) is 1. The van der Waals surface area contributed by atoms with Crippen molar-refractivity contribution in [2.75, 3.05) is 18.1 Å². The minimum atomic E-state index is -0.219. The fourth-order valence-corrected chi connectivity index (χ4v) is 1.98. The van der Waals surface area contributed by atoms with Crippen LogP contribution in [0.4, 0.5) is 11.4 Å². The maximum atomic E-state index is 12.3. The predicted octanol–water partition coefficient (Wildman–Crippen LogP) is 2.96. The molecule has 0 aliphatic carbocycles. The summed E-state index contributed by atoms with van der Waals surface area (Å²) in [5.74, 6) is -0.0403. The van der Waals surface area contributed by atoms with Gasteiger partial charge in [0.2, 0.25) is 5.91 Å². The van der Waals surface area contributed by atoms with E-state index in [0.717, 1.165) is 0 Å². The molecule has 0 saturated heterocycles. The van der Waals surface area contributed by atoms with Gasteiger partial charge in [-0.3, -0.25) is 9.69 Å². The van der Waals surface area contributed by atoms with Gasteiger partial charge in [-0.25, -0.2) is 0 Å². The molecular weight excluding hydrogens is 250 g/mol. The zero-order chi connectivity index (χ0) is 15.5. The van der Waals surface area contributed by atoms with Crippen molar-refractivity contribution in [1.82, 2.24) is 4.90 Å². The number of likely N-dealkylation sites (N-methyl/N-ethyl adjacent to an activating group) is 1. The van der Waals surface area contributed by atoms with Gasteiger partial charge in [0.05, 0.1) is 17.4 Å². The Hall–Kier alpha value is -1.55. The lowest BCUT2D eigenvalue weighted by Gasteiger charge is -2.38. The summed E-state index contributed by atoms with van der Waals surface area (Å²) in [7, 11) is 1.98. The lowest BCUT2D eigenvalue weighted by Crippen LogP contribution is -2.48. The van der Waals surface area contributed by atoms with Crippen LogP contribution in [0, 0.1) is 5.41 Å². The van der Waals surface area contributed by atoms with E-state index in [2.05, 4.69) is 37.9 Å². The molecule has 20 heavy (non-hydrogen) atoms. The second kappa shape index (κ2) is 6.27. The van der Waals surface area contributed by atoms with Crippen LogP contribution in [-0.2, 0) is 4.79 Å². The summed E-state index contributed by atoms with van der Waals surface area (Å²) in [6.45, 7) is 10.6. The lowest BCUT2D eigenvalue weighted by atomic mass is 9.86. The van der Waals surface area contributed by atoms with Crippen molar-refractivity contribution in [3.8, 4) is 0 Å². The van der Waals surface area contributed by atoms with Crippen molar-refractivity contribution in [3.05, 3.63) is 24.3 Å². The predicted molar refractivity (Wildman–Crippen MR) is 85.6 cm³/mol. The minimum absolute atomic E-state index is 0.0403. The quantitative estimate of drug-likeness (QED) is 0.832.